The van der Waals surface area contributed by atoms with Gasteiger partial charge >= 0.3 is 0 Å². The molecule has 2 N–H and O–H groups in total. The molecule has 1 aliphatic heterocycles. The lowest BCUT2D eigenvalue weighted by molar-refractivity contribution is 0.192. The third kappa shape index (κ3) is 3.63. The molecular weight excluding hydrogens is 255 g/mol. The second kappa shape index (κ2) is 6.93. The lowest BCUT2D eigenvalue weighted by atomic mass is 10.1. The van der Waals surface area contributed by atoms with E-state index >= 15 is 0 Å². The van der Waals surface area contributed by atoms with Crippen molar-refractivity contribution in [1.29, 1.82) is 0 Å². The number of ether oxygens (including phenoxy) is 1. The number of piperidine rings is 1. The minimum Gasteiger partial charge on any atom is -0.490 e. The number of hydrogen-bond donors (Lipinski definition) is 1. The summed E-state index contributed by atoms with van der Waals surface area (Å²) in [6, 6.07) is 5.30. The van der Waals surface area contributed by atoms with Gasteiger partial charge in [0.05, 0.1) is 11.8 Å². The van der Waals surface area contributed by atoms with Crippen molar-refractivity contribution in [2.45, 2.75) is 51.7 Å². The molecule has 20 heavy (non-hydrogen) atoms. The Kier molecular flexibility index (Phi) is 5.24. The molecule has 1 aromatic rings. The summed E-state index contributed by atoms with van der Waals surface area (Å²) in [5.74, 6) is 0.392. The normalized spacial score (nSPS) is 19.4. The van der Waals surface area contributed by atoms with Crippen molar-refractivity contribution in [1.82, 2.24) is 0 Å². The molecule has 1 unspecified atom stereocenters. The molecule has 0 saturated carbocycles. The fourth-order valence-corrected chi connectivity index (χ4v) is 2.69. The number of anilines is 1. The summed E-state index contributed by atoms with van der Waals surface area (Å²) in [6.45, 7) is 5.75. The number of rotatable bonds is 5. The van der Waals surface area contributed by atoms with E-state index in [0.29, 0.717) is 11.4 Å². The first-order chi connectivity index (χ1) is 9.63. The molecule has 112 valence electrons. The van der Waals surface area contributed by atoms with Gasteiger partial charge in [0.2, 0.25) is 0 Å². The van der Waals surface area contributed by atoms with E-state index in [1.54, 1.807) is 0 Å². The van der Waals surface area contributed by atoms with Gasteiger partial charge in [0.1, 0.15) is 11.6 Å². The van der Waals surface area contributed by atoms with E-state index in [1.165, 1.54) is 6.07 Å². The van der Waals surface area contributed by atoms with E-state index < -0.39 is 0 Å². The Morgan fingerprint density at radius 1 is 1.40 bits per heavy atom. The fraction of sp³-hybridized carbons (Fsp3) is 0.625. The van der Waals surface area contributed by atoms with Crippen molar-refractivity contribution in [2.75, 3.05) is 18.0 Å². The van der Waals surface area contributed by atoms with Crippen LogP contribution in [0, 0.1) is 5.82 Å². The highest BCUT2D eigenvalue weighted by molar-refractivity contribution is 5.51. The predicted molar refractivity (Wildman–Crippen MR) is 80.8 cm³/mol. The fourth-order valence-electron chi connectivity index (χ4n) is 2.69. The molecule has 1 aliphatic rings. The first-order valence-corrected chi connectivity index (χ1v) is 7.60. The molecule has 1 saturated heterocycles. The molecule has 1 heterocycles. The molecule has 1 aromatic carbocycles. The topological polar surface area (TPSA) is 38.5 Å². The highest BCUT2D eigenvalue weighted by atomic mass is 19.1. The quantitative estimate of drug-likeness (QED) is 0.899. The van der Waals surface area contributed by atoms with E-state index in [2.05, 4.69) is 13.8 Å². The van der Waals surface area contributed by atoms with Crippen molar-refractivity contribution in [3.8, 4) is 5.75 Å². The molecule has 0 amide bonds. The Hall–Kier alpha value is -1.29. The van der Waals surface area contributed by atoms with Crippen molar-refractivity contribution in [2.24, 2.45) is 5.73 Å². The Balaban J connectivity index is 2.09. The predicted octanol–water partition coefficient (Wildman–Crippen LogP) is 3.32. The lowest BCUT2D eigenvalue weighted by Crippen LogP contribution is -2.43. The summed E-state index contributed by atoms with van der Waals surface area (Å²) in [6.07, 6.45) is 4.06. The summed E-state index contributed by atoms with van der Waals surface area (Å²) in [5.41, 5.74) is 6.59. The van der Waals surface area contributed by atoms with Gasteiger partial charge in [-0.2, -0.15) is 0 Å². The Bertz CT molecular complexity index is 434. The smallest absolute Gasteiger partial charge is 0.150 e. The molecule has 0 aromatic heterocycles. The van der Waals surface area contributed by atoms with E-state index in [-0.39, 0.29) is 18.0 Å². The maximum Gasteiger partial charge on any atom is 0.150 e. The summed E-state index contributed by atoms with van der Waals surface area (Å²) in [4.78, 5) is 2.03. The molecule has 0 radical (unpaired) electrons. The second-order valence-electron chi connectivity index (χ2n) is 5.52. The van der Waals surface area contributed by atoms with Gasteiger partial charge in [0.25, 0.3) is 0 Å². The molecular formula is C16H25FN2O. The van der Waals surface area contributed by atoms with Crippen molar-refractivity contribution in [3.05, 3.63) is 24.0 Å². The highest BCUT2D eigenvalue weighted by Crippen LogP contribution is 2.27. The maximum atomic E-state index is 14.3. The van der Waals surface area contributed by atoms with Crippen LogP contribution in [0.15, 0.2) is 18.2 Å². The SMILES string of the molecule is CCC(CC)Oc1ccc(N2CCCC(N)C2)c(F)c1. The second-order valence-corrected chi connectivity index (χ2v) is 5.52. The van der Waals surface area contributed by atoms with Crippen LogP contribution in [0.3, 0.4) is 0 Å². The van der Waals surface area contributed by atoms with Crippen LogP contribution in [-0.4, -0.2) is 25.2 Å². The van der Waals surface area contributed by atoms with E-state index in [0.717, 1.165) is 38.8 Å². The van der Waals surface area contributed by atoms with Gasteiger partial charge in [0.15, 0.2) is 0 Å². The van der Waals surface area contributed by atoms with Crippen molar-refractivity contribution in [3.63, 3.8) is 0 Å². The molecule has 0 bridgehead atoms. The number of nitrogens with two attached hydrogens (primary N) is 1. The van der Waals surface area contributed by atoms with Crippen LogP contribution in [0.2, 0.25) is 0 Å². The molecule has 4 heteroatoms. The van der Waals surface area contributed by atoms with E-state index in [4.69, 9.17) is 10.5 Å². The Morgan fingerprint density at radius 2 is 2.15 bits per heavy atom. The third-order valence-corrected chi connectivity index (χ3v) is 3.93. The number of halogens is 1. The van der Waals surface area contributed by atoms with Crippen molar-refractivity contribution < 1.29 is 9.13 Å². The van der Waals surface area contributed by atoms with Gasteiger partial charge < -0.3 is 15.4 Å². The van der Waals surface area contributed by atoms with Crippen LogP contribution in [0.5, 0.6) is 5.75 Å². The Labute approximate surface area is 120 Å². The summed E-state index contributed by atoms with van der Waals surface area (Å²) in [5, 5.41) is 0. The monoisotopic (exact) mass is 280 g/mol. The minimum atomic E-state index is -0.220. The number of benzene rings is 1. The van der Waals surface area contributed by atoms with Gasteiger partial charge in [-0.1, -0.05) is 13.8 Å². The van der Waals surface area contributed by atoms with Crippen LogP contribution < -0.4 is 15.4 Å². The minimum absolute atomic E-state index is 0.142. The van der Waals surface area contributed by atoms with Crippen molar-refractivity contribution >= 4 is 5.69 Å². The molecule has 1 atom stereocenters. The maximum absolute atomic E-state index is 14.3. The molecule has 3 nitrogen and oxygen atoms in total. The van der Waals surface area contributed by atoms with Gasteiger partial charge in [0, 0.05) is 25.2 Å². The summed E-state index contributed by atoms with van der Waals surface area (Å²) in [7, 11) is 0. The van der Waals surface area contributed by atoms with Gasteiger partial charge in [-0.25, -0.2) is 4.39 Å². The molecule has 1 fully saturated rings. The van der Waals surface area contributed by atoms with Gasteiger partial charge in [-0.15, -0.1) is 0 Å². The summed E-state index contributed by atoms with van der Waals surface area (Å²) >= 11 is 0. The van der Waals surface area contributed by atoms with Crippen LogP contribution >= 0.6 is 0 Å². The Morgan fingerprint density at radius 3 is 2.75 bits per heavy atom. The van der Waals surface area contributed by atoms with Crippen LogP contribution in [-0.2, 0) is 0 Å². The number of nitrogens with zero attached hydrogens (tertiary/aromatic N) is 1. The van der Waals surface area contributed by atoms with Crippen LogP contribution in [0.25, 0.3) is 0 Å². The lowest BCUT2D eigenvalue weighted by Gasteiger charge is -2.33. The zero-order valence-electron chi connectivity index (χ0n) is 12.4. The average Bonchev–Trinajstić information content (AvgIpc) is 2.45. The van der Waals surface area contributed by atoms with Crippen LogP contribution in [0.1, 0.15) is 39.5 Å². The van der Waals surface area contributed by atoms with E-state index in [1.807, 2.05) is 17.0 Å². The number of hydrogen-bond acceptors (Lipinski definition) is 3. The molecule has 2 rings (SSSR count). The summed E-state index contributed by atoms with van der Waals surface area (Å²) < 4.78 is 20.0. The van der Waals surface area contributed by atoms with Gasteiger partial charge in [-0.05, 0) is 37.8 Å². The molecule has 0 spiro atoms. The first-order valence-electron chi connectivity index (χ1n) is 7.60. The molecule has 0 aliphatic carbocycles. The largest absolute Gasteiger partial charge is 0.490 e. The van der Waals surface area contributed by atoms with Gasteiger partial charge in [-0.3, -0.25) is 0 Å². The zero-order valence-corrected chi connectivity index (χ0v) is 12.4. The van der Waals surface area contributed by atoms with Crippen LogP contribution in [0.4, 0.5) is 10.1 Å². The first kappa shape index (κ1) is 15.1. The highest BCUT2D eigenvalue weighted by Gasteiger charge is 2.20. The van der Waals surface area contributed by atoms with E-state index in [9.17, 15) is 4.39 Å². The average molecular weight is 280 g/mol. The standard InChI is InChI=1S/C16H25FN2O/c1-3-13(4-2)20-14-7-8-16(15(17)10-14)19-9-5-6-12(18)11-19/h7-8,10,12-13H,3-6,9,11,18H2,1-2H3. The zero-order chi connectivity index (χ0) is 14.5. The third-order valence-electron chi connectivity index (χ3n) is 3.93.